The maximum absolute atomic E-state index is 14.1. The lowest BCUT2D eigenvalue weighted by atomic mass is 9.89. The predicted octanol–water partition coefficient (Wildman–Crippen LogP) is 5.96. The number of carbonyl (C=O) groups excluding carboxylic acids is 1. The first-order chi connectivity index (χ1) is 18.8. The second kappa shape index (κ2) is 10.3. The zero-order valence-electron chi connectivity index (χ0n) is 20.1. The molecule has 0 saturated heterocycles. The lowest BCUT2D eigenvalue weighted by Crippen LogP contribution is -2.05. The lowest BCUT2D eigenvalue weighted by molar-refractivity contribution is 0.104. The number of carbonyl (C=O) groups is 1. The van der Waals surface area contributed by atoms with Crippen LogP contribution < -0.4 is 0 Å². The van der Waals surface area contributed by atoms with E-state index in [0.717, 1.165) is 33.4 Å². The third-order valence-corrected chi connectivity index (χ3v) is 6.19. The number of hydrogen-bond donors (Lipinski definition) is 0. The number of nitrogens with zero attached hydrogens (tertiary/aromatic N) is 6. The molecule has 0 bridgehead atoms. The van der Waals surface area contributed by atoms with Gasteiger partial charge in [-0.2, -0.15) is 0 Å². The average molecular weight is 493 g/mol. The van der Waals surface area contributed by atoms with Crippen molar-refractivity contribution >= 4 is 5.78 Å². The van der Waals surface area contributed by atoms with E-state index in [1.54, 1.807) is 0 Å². The first-order valence-electron chi connectivity index (χ1n) is 12.0. The molecule has 0 amide bonds. The molecule has 7 nitrogen and oxygen atoms in total. The Balaban J connectivity index is 1.42. The monoisotopic (exact) mass is 492 g/mol. The molecule has 0 atom stereocenters. The van der Waals surface area contributed by atoms with Gasteiger partial charge in [-0.1, -0.05) is 84.9 Å². The third kappa shape index (κ3) is 4.56. The van der Waals surface area contributed by atoms with Crippen molar-refractivity contribution in [1.29, 1.82) is 0 Å². The van der Waals surface area contributed by atoms with Crippen molar-refractivity contribution in [2.24, 2.45) is 0 Å². The molecular formula is C31H20N6O. The van der Waals surface area contributed by atoms with Crippen molar-refractivity contribution in [3.63, 3.8) is 0 Å². The van der Waals surface area contributed by atoms with E-state index in [1.807, 2.05) is 97.1 Å². The SMILES string of the molecule is O=C(c1ccccc1-c1cccc(-c2ncncn2)c1)c1ccccc1-c1cccc(-c2ncncn2)c1. The number of aromatic nitrogens is 6. The summed E-state index contributed by atoms with van der Waals surface area (Å²) in [5.41, 5.74) is 6.40. The van der Waals surface area contributed by atoms with Gasteiger partial charge in [-0.25, -0.2) is 29.9 Å². The summed E-state index contributed by atoms with van der Waals surface area (Å²) >= 11 is 0. The van der Waals surface area contributed by atoms with E-state index in [-0.39, 0.29) is 5.78 Å². The van der Waals surface area contributed by atoms with E-state index in [2.05, 4.69) is 29.9 Å². The van der Waals surface area contributed by atoms with E-state index >= 15 is 0 Å². The van der Waals surface area contributed by atoms with Crippen molar-refractivity contribution < 1.29 is 4.79 Å². The molecule has 0 unspecified atom stereocenters. The fourth-order valence-corrected chi connectivity index (χ4v) is 4.44. The Morgan fingerprint density at radius 2 is 0.842 bits per heavy atom. The molecule has 6 aromatic rings. The Labute approximate surface area is 219 Å². The minimum absolute atomic E-state index is 0.0627. The predicted molar refractivity (Wildman–Crippen MR) is 145 cm³/mol. The van der Waals surface area contributed by atoms with Gasteiger partial charge < -0.3 is 0 Å². The quantitative estimate of drug-likeness (QED) is 0.265. The molecule has 0 saturated carbocycles. The zero-order valence-corrected chi connectivity index (χ0v) is 20.1. The van der Waals surface area contributed by atoms with Crippen LogP contribution in [0.4, 0.5) is 0 Å². The topological polar surface area (TPSA) is 94.4 Å². The van der Waals surface area contributed by atoms with Crippen LogP contribution in [0.15, 0.2) is 122 Å². The summed E-state index contributed by atoms with van der Waals surface area (Å²) < 4.78 is 0. The van der Waals surface area contributed by atoms with Crippen molar-refractivity contribution in [3.8, 4) is 45.0 Å². The van der Waals surface area contributed by atoms with E-state index in [1.165, 1.54) is 25.3 Å². The van der Waals surface area contributed by atoms with E-state index in [0.29, 0.717) is 22.8 Å². The second-order valence-corrected chi connectivity index (χ2v) is 8.51. The van der Waals surface area contributed by atoms with E-state index in [4.69, 9.17) is 0 Å². The molecule has 0 N–H and O–H groups in total. The Hall–Kier alpha value is -5.43. The van der Waals surface area contributed by atoms with Crippen molar-refractivity contribution in [3.05, 3.63) is 133 Å². The minimum Gasteiger partial charge on any atom is -0.289 e. The number of benzene rings is 4. The number of rotatable bonds is 6. The number of hydrogen-bond acceptors (Lipinski definition) is 7. The van der Waals surface area contributed by atoms with Crippen LogP contribution in [0.1, 0.15) is 15.9 Å². The zero-order chi connectivity index (χ0) is 25.7. The van der Waals surface area contributed by atoms with Gasteiger partial charge in [0.1, 0.15) is 25.3 Å². The lowest BCUT2D eigenvalue weighted by Gasteiger charge is -2.14. The Kier molecular flexibility index (Phi) is 6.22. The highest BCUT2D eigenvalue weighted by Gasteiger charge is 2.19. The van der Waals surface area contributed by atoms with Crippen LogP contribution >= 0.6 is 0 Å². The summed E-state index contributed by atoms with van der Waals surface area (Å²) in [6, 6.07) is 31.0. The van der Waals surface area contributed by atoms with Gasteiger partial charge in [0.15, 0.2) is 17.4 Å². The maximum atomic E-state index is 14.1. The first kappa shape index (κ1) is 23.0. The summed E-state index contributed by atoms with van der Waals surface area (Å²) in [4.78, 5) is 38.9. The fourth-order valence-electron chi connectivity index (χ4n) is 4.44. The summed E-state index contributed by atoms with van der Waals surface area (Å²) in [6.07, 6.45) is 5.89. The van der Waals surface area contributed by atoms with Gasteiger partial charge in [0.05, 0.1) is 0 Å². The van der Waals surface area contributed by atoms with Gasteiger partial charge >= 0.3 is 0 Å². The minimum atomic E-state index is -0.0627. The molecule has 0 fully saturated rings. The van der Waals surface area contributed by atoms with Gasteiger partial charge in [0.2, 0.25) is 0 Å². The molecule has 2 heterocycles. The summed E-state index contributed by atoms with van der Waals surface area (Å²) in [5.74, 6) is 1.09. The summed E-state index contributed by atoms with van der Waals surface area (Å²) in [5, 5.41) is 0. The van der Waals surface area contributed by atoms with Crippen molar-refractivity contribution in [1.82, 2.24) is 29.9 Å². The molecule has 4 aromatic carbocycles. The van der Waals surface area contributed by atoms with Crippen LogP contribution in [0.3, 0.4) is 0 Å². The molecule has 0 aliphatic rings. The summed E-state index contributed by atoms with van der Waals surface area (Å²) in [7, 11) is 0. The van der Waals surface area contributed by atoms with Crippen LogP contribution in [-0.4, -0.2) is 35.7 Å². The standard InChI is InChI=1S/C31H20N6O/c38-29(27-13-3-1-11-25(27)21-7-5-9-23(15-21)30-34-17-32-18-35-30)28-14-4-2-12-26(28)22-8-6-10-24(16-22)31-36-19-33-20-37-31/h1-20H. The first-order valence-corrected chi connectivity index (χ1v) is 12.0. The van der Waals surface area contributed by atoms with Gasteiger partial charge in [-0.3, -0.25) is 4.79 Å². The third-order valence-electron chi connectivity index (χ3n) is 6.19. The van der Waals surface area contributed by atoms with Crippen molar-refractivity contribution in [2.45, 2.75) is 0 Å². The highest BCUT2D eigenvalue weighted by molar-refractivity contribution is 6.16. The molecule has 6 rings (SSSR count). The highest BCUT2D eigenvalue weighted by Crippen LogP contribution is 2.32. The molecule has 0 aliphatic heterocycles. The van der Waals surface area contributed by atoms with Crippen LogP contribution in [0.2, 0.25) is 0 Å². The van der Waals surface area contributed by atoms with Gasteiger partial charge in [-0.15, -0.1) is 0 Å². The average Bonchev–Trinajstić information content (AvgIpc) is 3.02. The van der Waals surface area contributed by atoms with Gasteiger partial charge in [0, 0.05) is 22.3 Å². The summed E-state index contributed by atoms with van der Waals surface area (Å²) in [6.45, 7) is 0. The smallest absolute Gasteiger partial charge is 0.194 e. The molecule has 2 aromatic heterocycles. The molecule has 0 aliphatic carbocycles. The highest BCUT2D eigenvalue weighted by atomic mass is 16.1. The van der Waals surface area contributed by atoms with Crippen LogP contribution in [0, 0.1) is 0 Å². The van der Waals surface area contributed by atoms with Crippen LogP contribution in [0.5, 0.6) is 0 Å². The fraction of sp³-hybridized carbons (Fsp3) is 0. The Morgan fingerprint density at radius 1 is 0.447 bits per heavy atom. The normalized spacial score (nSPS) is 10.7. The van der Waals surface area contributed by atoms with E-state index in [9.17, 15) is 4.79 Å². The van der Waals surface area contributed by atoms with Crippen LogP contribution in [-0.2, 0) is 0 Å². The second-order valence-electron chi connectivity index (χ2n) is 8.51. The van der Waals surface area contributed by atoms with Gasteiger partial charge in [0.25, 0.3) is 0 Å². The maximum Gasteiger partial charge on any atom is 0.194 e. The van der Waals surface area contributed by atoms with Crippen LogP contribution in [0.25, 0.3) is 45.0 Å². The largest absolute Gasteiger partial charge is 0.289 e. The molecule has 180 valence electrons. The molecule has 38 heavy (non-hydrogen) atoms. The van der Waals surface area contributed by atoms with Crippen molar-refractivity contribution in [2.75, 3.05) is 0 Å². The molecular weight excluding hydrogens is 472 g/mol. The molecule has 0 radical (unpaired) electrons. The molecule has 0 spiro atoms. The molecule has 7 heteroatoms. The Bertz CT molecular complexity index is 1610. The van der Waals surface area contributed by atoms with Gasteiger partial charge in [-0.05, 0) is 34.4 Å². The number of ketones is 1. The van der Waals surface area contributed by atoms with E-state index < -0.39 is 0 Å². The Morgan fingerprint density at radius 3 is 1.29 bits per heavy atom.